The maximum atomic E-state index is 12.4. The molecule has 0 bridgehead atoms. The molecule has 1 atom stereocenters. The van der Waals surface area contributed by atoms with Gasteiger partial charge in [0.25, 0.3) is 0 Å². The van der Waals surface area contributed by atoms with Crippen molar-refractivity contribution in [2.24, 2.45) is 7.05 Å². The summed E-state index contributed by atoms with van der Waals surface area (Å²) in [6.07, 6.45) is 3.39. The molecule has 1 N–H and O–H groups in total. The number of hydrogen-bond donors (Lipinski definition) is 1. The first-order valence-electron chi connectivity index (χ1n) is 7.35. The van der Waals surface area contributed by atoms with Crippen molar-refractivity contribution < 1.29 is 4.79 Å². The Balaban J connectivity index is 1.71. The summed E-state index contributed by atoms with van der Waals surface area (Å²) in [5, 5.41) is 22.8. The third-order valence-electron chi connectivity index (χ3n) is 3.45. The summed E-state index contributed by atoms with van der Waals surface area (Å²) in [5.41, 5.74) is 1.38. The van der Waals surface area contributed by atoms with E-state index >= 15 is 0 Å². The molecule has 0 aliphatic carbocycles. The number of carbonyl (C=O) groups is 1. The summed E-state index contributed by atoms with van der Waals surface area (Å²) in [6, 6.07) is 7.45. The second-order valence-electron chi connectivity index (χ2n) is 5.13. The van der Waals surface area contributed by atoms with Gasteiger partial charge in [-0.25, -0.2) is 0 Å². The Morgan fingerprint density at radius 2 is 2.12 bits per heavy atom. The number of nitriles is 1. The van der Waals surface area contributed by atoms with Crippen LogP contribution in [0.15, 0.2) is 41.1 Å². The van der Waals surface area contributed by atoms with Crippen LogP contribution in [0.5, 0.6) is 0 Å². The van der Waals surface area contributed by atoms with Crippen LogP contribution in [0.3, 0.4) is 0 Å². The Labute approximate surface area is 152 Å². The fourth-order valence-electron chi connectivity index (χ4n) is 2.09. The van der Waals surface area contributed by atoms with Crippen LogP contribution >= 0.6 is 23.1 Å². The Hall–Kier alpha value is -2.70. The number of aromatic nitrogens is 4. The van der Waals surface area contributed by atoms with Gasteiger partial charge in [0.2, 0.25) is 5.91 Å². The molecule has 0 saturated carbocycles. The Morgan fingerprint density at radius 3 is 2.84 bits per heavy atom. The molecule has 0 fully saturated rings. The van der Waals surface area contributed by atoms with Gasteiger partial charge in [0, 0.05) is 25.0 Å². The van der Waals surface area contributed by atoms with Crippen LogP contribution in [0.4, 0.5) is 5.00 Å². The molecule has 7 nitrogen and oxygen atoms in total. The molecule has 0 aromatic carbocycles. The van der Waals surface area contributed by atoms with E-state index in [2.05, 4.69) is 26.6 Å². The lowest BCUT2D eigenvalue weighted by atomic mass is 10.2. The highest BCUT2D eigenvalue weighted by Gasteiger charge is 2.20. The van der Waals surface area contributed by atoms with Crippen molar-refractivity contribution in [3.8, 4) is 17.5 Å². The van der Waals surface area contributed by atoms with Crippen LogP contribution in [0, 0.1) is 11.3 Å². The zero-order chi connectivity index (χ0) is 17.8. The van der Waals surface area contributed by atoms with Gasteiger partial charge in [0.05, 0.1) is 10.8 Å². The average molecular weight is 370 g/mol. The molecule has 3 aromatic heterocycles. The lowest BCUT2D eigenvalue weighted by Crippen LogP contribution is -2.22. The molecular formula is C16H14N6OS2. The number of amides is 1. The minimum atomic E-state index is -0.387. The van der Waals surface area contributed by atoms with E-state index in [1.807, 2.05) is 23.7 Å². The molecule has 0 radical (unpaired) electrons. The van der Waals surface area contributed by atoms with Crippen molar-refractivity contribution in [2.75, 3.05) is 5.32 Å². The molecule has 0 aliphatic heterocycles. The van der Waals surface area contributed by atoms with Gasteiger partial charge < -0.3 is 9.88 Å². The maximum absolute atomic E-state index is 12.4. The predicted molar refractivity (Wildman–Crippen MR) is 97.2 cm³/mol. The molecule has 0 spiro atoms. The van der Waals surface area contributed by atoms with Gasteiger partial charge in [-0.2, -0.15) is 5.26 Å². The van der Waals surface area contributed by atoms with E-state index in [1.54, 1.807) is 30.8 Å². The summed E-state index contributed by atoms with van der Waals surface area (Å²) >= 11 is 2.64. The van der Waals surface area contributed by atoms with Crippen molar-refractivity contribution in [3.63, 3.8) is 0 Å². The molecular weight excluding hydrogens is 356 g/mol. The lowest BCUT2D eigenvalue weighted by Gasteiger charge is -2.11. The zero-order valence-corrected chi connectivity index (χ0v) is 15.1. The highest BCUT2D eigenvalue weighted by atomic mass is 32.2. The number of nitrogens with one attached hydrogen (secondary N) is 1. The molecule has 3 aromatic rings. The number of pyridine rings is 1. The molecule has 9 heteroatoms. The third kappa shape index (κ3) is 3.70. The molecule has 0 unspecified atom stereocenters. The van der Waals surface area contributed by atoms with Gasteiger partial charge in [-0.3, -0.25) is 9.78 Å². The predicted octanol–water partition coefficient (Wildman–Crippen LogP) is 2.93. The second-order valence-corrected chi connectivity index (χ2v) is 7.35. The van der Waals surface area contributed by atoms with E-state index in [4.69, 9.17) is 5.26 Å². The topological polar surface area (TPSA) is 96.5 Å². The van der Waals surface area contributed by atoms with Crippen LogP contribution in [0.1, 0.15) is 12.5 Å². The van der Waals surface area contributed by atoms with Gasteiger partial charge in [-0.05, 0) is 30.5 Å². The summed E-state index contributed by atoms with van der Waals surface area (Å²) < 4.78 is 1.84. The SMILES string of the molecule is C[C@@H](Sc1nnc(-c2ccncc2)n1C)C(=O)Nc1sccc1C#N. The maximum Gasteiger partial charge on any atom is 0.238 e. The smallest absolute Gasteiger partial charge is 0.238 e. The van der Waals surface area contributed by atoms with E-state index < -0.39 is 0 Å². The number of rotatable bonds is 5. The van der Waals surface area contributed by atoms with Crippen molar-refractivity contribution >= 4 is 34.0 Å². The van der Waals surface area contributed by atoms with Crippen LogP contribution in [-0.4, -0.2) is 30.9 Å². The molecule has 1 amide bonds. The Kier molecular flexibility index (Phi) is 5.11. The highest BCUT2D eigenvalue weighted by molar-refractivity contribution is 8.00. The first kappa shape index (κ1) is 17.1. The van der Waals surface area contributed by atoms with Crippen LogP contribution in [0.25, 0.3) is 11.4 Å². The van der Waals surface area contributed by atoms with Gasteiger partial charge in [-0.1, -0.05) is 11.8 Å². The van der Waals surface area contributed by atoms with E-state index in [9.17, 15) is 4.79 Å². The van der Waals surface area contributed by atoms with Crippen LogP contribution < -0.4 is 5.32 Å². The number of thioether (sulfide) groups is 1. The molecule has 3 rings (SSSR count). The Morgan fingerprint density at radius 1 is 1.36 bits per heavy atom. The van der Waals surface area contributed by atoms with Gasteiger partial charge in [0.1, 0.15) is 11.1 Å². The van der Waals surface area contributed by atoms with Gasteiger partial charge >= 0.3 is 0 Å². The normalized spacial score (nSPS) is 11.7. The van der Waals surface area contributed by atoms with Gasteiger partial charge in [0.15, 0.2) is 11.0 Å². The fourth-order valence-corrected chi connectivity index (χ4v) is 3.64. The minimum absolute atomic E-state index is 0.183. The number of thiophene rings is 1. The van der Waals surface area contributed by atoms with Gasteiger partial charge in [-0.15, -0.1) is 21.5 Å². The summed E-state index contributed by atoms with van der Waals surface area (Å²) in [5.74, 6) is 0.528. The summed E-state index contributed by atoms with van der Waals surface area (Å²) in [6.45, 7) is 1.79. The number of anilines is 1. The van der Waals surface area contributed by atoms with E-state index in [0.29, 0.717) is 21.5 Å². The zero-order valence-electron chi connectivity index (χ0n) is 13.5. The first-order valence-corrected chi connectivity index (χ1v) is 9.11. The van der Waals surface area contributed by atoms with Crippen LogP contribution in [0.2, 0.25) is 0 Å². The Bertz CT molecular complexity index is 928. The third-order valence-corrected chi connectivity index (χ3v) is 5.41. The monoisotopic (exact) mass is 370 g/mol. The van der Waals surface area contributed by atoms with E-state index in [0.717, 1.165) is 5.56 Å². The standard InChI is InChI=1S/C16H14N6OS2/c1-10(14(23)19-15-12(9-17)5-8-24-15)25-16-21-20-13(22(16)2)11-3-6-18-7-4-11/h3-8,10H,1-2H3,(H,19,23)/t10-/m1/s1. The molecule has 3 heterocycles. The quantitative estimate of drug-likeness (QED) is 0.694. The first-order chi connectivity index (χ1) is 12.1. The van der Waals surface area contributed by atoms with Crippen molar-refractivity contribution in [1.29, 1.82) is 5.26 Å². The summed E-state index contributed by atoms with van der Waals surface area (Å²) in [4.78, 5) is 16.4. The largest absolute Gasteiger partial charge is 0.316 e. The number of hydrogen-bond acceptors (Lipinski definition) is 7. The molecule has 0 aliphatic rings. The van der Waals surface area contributed by atoms with Crippen LogP contribution in [-0.2, 0) is 11.8 Å². The highest BCUT2D eigenvalue weighted by Crippen LogP contribution is 2.27. The summed E-state index contributed by atoms with van der Waals surface area (Å²) in [7, 11) is 1.86. The van der Waals surface area contributed by atoms with Crippen molar-refractivity contribution in [2.45, 2.75) is 17.3 Å². The molecule has 126 valence electrons. The van der Waals surface area contributed by atoms with Crippen molar-refractivity contribution in [3.05, 3.63) is 41.5 Å². The number of carbonyl (C=O) groups excluding carboxylic acids is 1. The average Bonchev–Trinajstić information content (AvgIpc) is 3.22. The lowest BCUT2D eigenvalue weighted by molar-refractivity contribution is -0.115. The fraction of sp³-hybridized carbons (Fsp3) is 0.188. The number of nitrogens with zero attached hydrogens (tertiary/aromatic N) is 5. The van der Waals surface area contributed by atoms with Crippen molar-refractivity contribution in [1.82, 2.24) is 19.7 Å². The minimum Gasteiger partial charge on any atom is -0.316 e. The second kappa shape index (κ2) is 7.46. The van der Waals surface area contributed by atoms with E-state index in [1.165, 1.54) is 23.1 Å². The molecule has 0 saturated heterocycles. The molecule has 25 heavy (non-hydrogen) atoms. The van der Waals surface area contributed by atoms with E-state index in [-0.39, 0.29) is 11.2 Å².